The standard InChI is InChI=1S/C9H7BrN2O/c10-9-8(5-11-12-9)6-2-1-3-7(13)4-6/h1-5,13H,(H,11,12). The molecular formula is C9H7BrN2O. The lowest BCUT2D eigenvalue weighted by Crippen LogP contribution is -1.74. The Morgan fingerprint density at radius 3 is 2.85 bits per heavy atom. The van der Waals surface area contributed by atoms with Gasteiger partial charge in [-0.3, -0.25) is 5.10 Å². The van der Waals surface area contributed by atoms with Crippen LogP contribution in [0.2, 0.25) is 0 Å². The van der Waals surface area contributed by atoms with Crippen molar-refractivity contribution in [1.82, 2.24) is 10.2 Å². The largest absolute Gasteiger partial charge is 0.508 e. The first-order valence-corrected chi connectivity index (χ1v) is 4.55. The minimum absolute atomic E-state index is 0.255. The van der Waals surface area contributed by atoms with E-state index in [2.05, 4.69) is 26.1 Å². The SMILES string of the molecule is Oc1cccc(-c2cn[nH]c2Br)c1. The van der Waals surface area contributed by atoms with Gasteiger partial charge in [0.2, 0.25) is 0 Å². The number of aromatic hydroxyl groups is 1. The third kappa shape index (κ3) is 1.58. The molecule has 0 radical (unpaired) electrons. The summed E-state index contributed by atoms with van der Waals surface area (Å²) in [5.41, 5.74) is 1.87. The summed E-state index contributed by atoms with van der Waals surface area (Å²) in [6, 6.07) is 7.03. The topological polar surface area (TPSA) is 48.9 Å². The van der Waals surface area contributed by atoms with Crippen molar-refractivity contribution in [3.05, 3.63) is 35.1 Å². The number of nitrogens with zero attached hydrogens (tertiary/aromatic N) is 1. The zero-order valence-electron chi connectivity index (χ0n) is 6.66. The molecule has 0 amide bonds. The van der Waals surface area contributed by atoms with Gasteiger partial charge in [-0.2, -0.15) is 5.10 Å². The summed E-state index contributed by atoms with van der Waals surface area (Å²) in [6.07, 6.45) is 1.71. The third-order valence-corrected chi connectivity index (χ3v) is 2.35. The summed E-state index contributed by atoms with van der Waals surface area (Å²) < 4.78 is 0.818. The highest BCUT2D eigenvalue weighted by molar-refractivity contribution is 9.10. The molecule has 1 aromatic carbocycles. The van der Waals surface area contributed by atoms with Crippen LogP contribution in [0.15, 0.2) is 35.1 Å². The molecule has 66 valence electrons. The minimum atomic E-state index is 0.255. The molecule has 0 aliphatic carbocycles. The van der Waals surface area contributed by atoms with Crippen LogP contribution in [0.1, 0.15) is 0 Å². The molecule has 0 spiro atoms. The maximum atomic E-state index is 9.26. The number of hydrogen-bond donors (Lipinski definition) is 2. The van der Waals surface area contributed by atoms with E-state index in [4.69, 9.17) is 0 Å². The molecule has 0 saturated heterocycles. The fourth-order valence-corrected chi connectivity index (χ4v) is 1.58. The Morgan fingerprint density at radius 2 is 2.23 bits per heavy atom. The fourth-order valence-electron chi connectivity index (χ4n) is 1.15. The Balaban J connectivity index is 2.53. The Kier molecular flexibility index (Phi) is 2.06. The zero-order chi connectivity index (χ0) is 9.26. The van der Waals surface area contributed by atoms with Gasteiger partial charge < -0.3 is 5.11 Å². The summed E-state index contributed by atoms with van der Waals surface area (Å²) in [6.45, 7) is 0. The number of H-pyrrole nitrogens is 1. The van der Waals surface area contributed by atoms with Crippen LogP contribution in [-0.4, -0.2) is 15.3 Å². The number of halogens is 1. The molecular weight excluding hydrogens is 232 g/mol. The van der Waals surface area contributed by atoms with Crippen molar-refractivity contribution in [3.63, 3.8) is 0 Å². The molecule has 4 heteroatoms. The Morgan fingerprint density at radius 1 is 1.38 bits per heavy atom. The van der Waals surface area contributed by atoms with E-state index in [1.165, 1.54) is 0 Å². The van der Waals surface area contributed by atoms with E-state index in [1.807, 2.05) is 6.07 Å². The van der Waals surface area contributed by atoms with Crippen molar-refractivity contribution in [2.75, 3.05) is 0 Å². The van der Waals surface area contributed by atoms with E-state index >= 15 is 0 Å². The quantitative estimate of drug-likeness (QED) is 0.803. The maximum Gasteiger partial charge on any atom is 0.116 e. The van der Waals surface area contributed by atoms with Gasteiger partial charge in [0.05, 0.1) is 6.20 Å². The third-order valence-electron chi connectivity index (χ3n) is 1.75. The highest BCUT2D eigenvalue weighted by Gasteiger charge is 2.04. The Labute approximate surface area is 83.5 Å². The molecule has 3 nitrogen and oxygen atoms in total. The van der Waals surface area contributed by atoms with Gasteiger partial charge in [0.1, 0.15) is 10.4 Å². The number of phenols is 1. The fraction of sp³-hybridized carbons (Fsp3) is 0. The number of benzene rings is 1. The van der Waals surface area contributed by atoms with E-state index < -0.39 is 0 Å². The van der Waals surface area contributed by atoms with Crippen molar-refractivity contribution in [2.24, 2.45) is 0 Å². The first-order chi connectivity index (χ1) is 6.27. The predicted molar refractivity (Wildman–Crippen MR) is 53.4 cm³/mol. The normalized spacial score (nSPS) is 10.2. The van der Waals surface area contributed by atoms with Gasteiger partial charge in [0.15, 0.2) is 0 Å². The maximum absolute atomic E-state index is 9.26. The van der Waals surface area contributed by atoms with Crippen LogP contribution in [0.5, 0.6) is 5.75 Å². The molecule has 0 bridgehead atoms. The summed E-state index contributed by atoms with van der Waals surface area (Å²) in [5, 5.41) is 15.9. The van der Waals surface area contributed by atoms with E-state index in [-0.39, 0.29) is 5.75 Å². The molecule has 13 heavy (non-hydrogen) atoms. The number of aromatic amines is 1. The predicted octanol–water partition coefficient (Wildman–Crippen LogP) is 2.54. The van der Waals surface area contributed by atoms with Crippen LogP contribution in [0.4, 0.5) is 0 Å². The van der Waals surface area contributed by atoms with E-state index in [0.29, 0.717) is 0 Å². The molecule has 0 aliphatic heterocycles. The van der Waals surface area contributed by atoms with E-state index in [0.717, 1.165) is 15.7 Å². The lowest BCUT2D eigenvalue weighted by atomic mass is 10.1. The molecule has 0 fully saturated rings. The van der Waals surface area contributed by atoms with Crippen LogP contribution < -0.4 is 0 Å². The van der Waals surface area contributed by atoms with Gasteiger partial charge in [-0.05, 0) is 33.6 Å². The molecule has 2 rings (SSSR count). The van der Waals surface area contributed by atoms with Gasteiger partial charge in [-0.25, -0.2) is 0 Å². The second kappa shape index (κ2) is 3.22. The summed E-state index contributed by atoms with van der Waals surface area (Å²) in [4.78, 5) is 0. The van der Waals surface area contributed by atoms with Crippen molar-refractivity contribution in [2.45, 2.75) is 0 Å². The number of rotatable bonds is 1. The van der Waals surface area contributed by atoms with Gasteiger partial charge in [0.25, 0.3) is 0 Å². The molecule has 2 aromatic rings. The highest BCUT2D eigenvalue weighted by atomic mass is 79.9. The molecule has 0 saturated carbocycles. The van der Waals surface area contributed by atoms with Crippen molar-refractivity contribution in [3.8, 4) is 16.9 Å². The summed E-state index contributed by atoms with van der Waals surface area (Å²) in [7, 11) is 0. The molecule has 0 atom stereocenters. The molecule has 2 N–H and O–H groups in total. The van der Waals surface area contributed by atoms with Gasteiger partial charge in [0, 0.05) is 5.56 Å². The van der Waals surface area contributed by atoms with Gasteiger partial charge in [-0.1, -0.05) is 12.1 Å². The van der Waals surface area contributed by atoms with Crippen LogP contribution in [-0.2, 0) is 0 Å². The first-order valence-electron chi connectivity index (χ1n) is 3.75. The minimum Gasteiger partial charge on any atom is -0.508 e. The Bertz CT molecular complexity index is 425. The summed E-state index contributed by atoms with van der Waals surface area (Å²) in [5.74, 6) is 0.255. The van der Waals surface area contributed by atoms with Gasteiger partial charge in [-0.15, -0.1) is 0 Å². The lowest BCUT2D eigenvalue weighted by molar-refractivity contribution is 0.475. The van der Waals surface area contributed by atoms with Crippen LogP contribution in [0.25, 0.3) is 11.1 Å². The molecule has 1 heterocycles. The van der Waals surface area contributed by atoms with Crippen LogP contribution >= 0.6 is 15.9 Å². The van der Waals surface area contributed by atoms with E-state index in [9.17, 15) is 5.11 Å². The van der Waals surface area contributed by atoms with Crippen molar-refractivity contribution in [1.29, 1.82) is 0 Å². The smallest absolute Gasteiger partial charge is 0.116 e. The average Bonchev–Trinajstić information content (AvgIpc) is 2.51. The first kappa shape index (κ1) is 8.31. The van der Waals surface area contributed by atoms with Crippen molar-refractivity contribution >= 4 is 15.9 Å². The van der Waals surface area contributed by atoms with Crippen molar-refractivity contribution < 1.29 is 5.11 Å². The number of hydrogen-bond acceptors (Lipinski definition) is 2. The second-order valence-corrected chi connectivity index (χ2v) is 3.44. The lowest BCUT2D eigenvalue weighted by Gasteiger charge is -1.98. The molecule has 0 aliphatic rings. The molecule has 0 unspecified atom stereocenters. The van der Waals surface area contributed by atoms with Crippen LogP contribution in [0, 0.1) is 0 Å². The van der Waals surface area contributed by atoms with Crippen LogP contribution in [0.3, 0.4) is 0 Å². The van der Waals surface area contributed by atoms with E-state index in [1.54, 1.807) is 24.4 Å². The second-order valence-electron chi connectivity index (χ2n) is 2.65. The van der Waals surface area contributed by atoms with Gasteiger partial charge >= 0.3 is 0 Å². The highest BCUT2D eigenvalue weighted by Crippen LogP contribution is 2.27. The Hall–Kier alpha value is -1.29. The average molecular weight is 239 g/mol. The summed E-state index contributed by atoms with van der Waals surface area (Å²) >= 11 is 3.33. The number of aromatic nitrogens is 2. The monoisotopic (exact) mass is 238 g/mol. The molecule has 1 aromatic heterocycles. The number of nitrogens with one attached hydrogen (secondary N) is 1. The zero-order valence-corrected chi connectivity index (χ0v) is 8.25. The number of phenolic OH excluding ortho intramolecular Hbond substituents is 1.